The number of nitrogens with one attached hydrogen (secondary N) is 1. The molecular weight excluding hydrogens is 366 g/mol. The van der Waals surface area contributed by atoms with Crippen molar-refractivity contribution in [3.63, 3.8) is 0 Å². The minimum Gasteiger partial charge on any atom is -0.495 e. The van der Waals surface area contributed by atoms with Gasteiger partial charge in [0.15, 0.2) is 0 Å². The van der Waals surface area contributed by atoms with Crippen LogP contribution >= 0.6 is 23.4 Å². The van der Waals surface area contributed by atoms with Crippen molar-refractivity contribution in [2.45, 2.75) is 17.6 Å². The van der Waals surface area contributed by atoms with E-state index in [4.69, 9.17) is 16.3 Å². The smallest absolute Gasteiger partial charge is 0.240 e. The zero-order valence-corrected chi connectivity index (χ0v) is 16.0. The van der Waals surface area contributed by atoms with E-state index in [1.54, 1.807) is 17.8 Å². The standard InChI is InChI=1S/C17H20ClNO3S2/c1-13-3-5-14(6-4-13)12-23-10-9-19-24(20,21)15-7-8-17(22-2)16(18)11-15/h3-8,11,19H,9-10,12H2,1-2H3. The van der Waals surface area contributed by atoms with Gasteiger partial charge in [-0.1, -0.05) is 41.4 Å². The van der Waals surface area contributed by atoms with E-state index in [1.807, 2.05) is 0 Å². The van der Waals surface area contributed by atoms with Crippen LogP contribution in [-0.2, 0) is 15.8 Å². The molecule has 0 atom stereocenters. The zero-order valence-electron chi connectivity index (χ0n) is 13.6. The van der Waals surface area contributed by atoms with Crippen molar-refractivity contribution < 1.29 is 13.2 Å². The summed E-state index contributed by atoms with van der Waals surface area (Å²) < 4.78 is 32.1. The van der Waals surface area contributed by atoms with Crippen molar-refractivity contribution in [2.75, 3.05) is 19.4 Å². The highest BCUT2D eigenvalue weighted by atomic mass is 35.5. The molecule has 1 N–H and O–H groups in total. The SMILES string of the molecule is COc1ccc(S(=O)(=O)NCCSCc2ccc(C)cc2)cc1Cl. The zero-order chi connectivity index (χ0) is 17.6. The van der Waals surface area contributed by atoms with Crippen LogP contribution in [0.4, 0.5) is 0 Å². The summed E-state index contributed by atoms with van der Waals surface area (Å²) in [5.74, 6) is 2.00. The monoisotopic (exact) mass is 385 g/mol. The summed E-state index contributed by atoms with van der Waals surface area (Å²) in [4.78, 5) is 0.136. The van der Waals surface area contributed by atoms with Gasteiger partial charge in [-0.25, -0.2) is 13.1 Å². The number of sulfonamides is 1. The average Bonchev–Trinajstić information content (AvgIpc) is 2.56. The van der Waals surface area contributed by atoms with E-state index in [9.17, 15) is 8.42 Å². The number of halogens is 1. The van der Waals surface area contributed by atoms with Crippen LogP contribution in [0.15, 0.2) is 47.4 Å². The number of thioether (sulfide) groups is 1. The van der Waals surface area contributed by atoms with Crippen LogP contribution in [0.1, 0.15) is 11.1 Å². The molecule has 2 rings (SSSR count). The van der Waals surface area contributed by atoms with Crippen molar-refractivity contribution in [3.8, 4) is 5.75 Å². The molecule has 0 saturated carbocycles. The fourth-order valence-electron chi connectivity index (χ4n) is 2.02. The maximum Gasteiger partial charge on any atom is 0.240 e. The molecular formula is C17H20ClNO3S2. The highest BCUT2D eigenvalue weighted by molar-refractivity contribution is 7.98. The Morgan fingerprint density at radius 3 is 2.50 bits per heavy atom. The summed E-state index contributed by atoms with van der Waals surface area (Å²) in [7, 11) is -2.08. The Hall–Kier alpha value is -1.21. The lowest BCUT2D eigenvalue weighted by molar-refractivity contribution is 0.414. The maximum atomic E-state index is 12.2. The Bertz CT molecular complexity index is 777. The lowest BCUT2D eigenvalue weighted by Gasteiger charge is -2.09. The van der Waals surface area contributed by atoms with Crippen molar-refractivity contribution in [1.82, 2.24) is 4.72 Å². The number of benzene rings is 2. The van der Waals surface area contributed by atoms with Gasteiger partial charge in [0.25, 0.3) is 0 Å². The topological polar surface area (TPSA) is 55.4 Å². The summed E-state index contributed by atoms with van der Waals surface area (Å²) >= 11 is 7.66. The quantitative estimate of drug-likeness (QED) is 0.701. The van der Waals surface area contributed by atoms with E-state index in [0.717, 1.165) is 5.75 Å². The van der Waals surface area contributed by atoms with Crippen LogP contribution < -0.4 is 9.46 Å². The largest absolute Gasteiger partial charge is 0.495 e. The van der Waals surface area contributed by atoms with Gasteiger partial charge in [-0.3, -0.25) is 0 Å². The molecule has 0 radical (unpaired) electrons. The molecule has 0 bridgehead atoms. The van der Waals surface area contributed by atoms with Gasteiger partial charge in [-0.05, 0) is 30.7 Å². The fourth-order valence-corrected chi connectivity index (χ4v) is 4.35. The first-order chi connectivity index (χ1) is 11.4. The number of rotatable bonds is 8. The molecule has 0 aliphatic rings. The Kier molecular flexibility index (Phi) is 6.98. The van der Waals surface area contributed by atoms with Crippen LogP contribution in [0, 0.1) is 6.92 Å². The molecule has 2 aromatic carbocycles. The predicted octanol–water partition coefficient (Wildman–Crippen LogP) is 3.87. The van der Waals surface area contributed by atoms with Crippen LogP contribution in [0.2, 0.25) is 5.02 Å². The Balaban J connectivity index is 1.82. The van der Waals surface area contributed by atoms with E-state index >= 15 is 0 Å². The van der Waals surface area contributed by atoms with Crippen molar-refractivity contribution in [2.24, 2.45) is 0 Å². The summed E-state index contributed by atoms with van der Waals surface area (Å²) in [5, 5.41) is 0.272. The maximum absolute atomic E-state index is 12.2. The molecule has 0 saturated heterocycles. The molecule has 0 amide bonds. The number of aryl methyl sites for hydroxylation is 1. The normalized spacial score (nSPS) is 11.5. The Morgan fingerprint density at radius 2 is 1.88 bits per heavy atom. The van der Waals surface area contributed by atoms with Gasteiger partial charge in [-0.2, -0.15) is 11.8 Å². The Morgan fingerprint density at radius 1 is 1.17 bits per heavy atom. The van der Waals surface area contributed by atoms with E-state index in [0.29, 0.717) is 18.0 Å². The fraction of sp³-hybridized carbons (Fsp3) is 0.294. The molecule has 0 aromatic heterocycles. The second-order valence-electron chi connectivity index (χ2n) is 5.23. The summed E-state index contributed by atoms with van der Waals surface area (Å²) in [6.45, 7) is 2.42. The third-order valence-corrected chi connectivity index (χ3v) is 6.15. The molecule has 7 heteroatoms. The van der Waals surface area contributed by atoms with Crippen LogP contribution in [0.3, 0.4) is 0 Å². The van der Waals surface area contributed by atoms with Crippen molar-refractivity contribution in [1.29, 1.82) is 0 Å². The third-order valence-electron chi connectivity index (χ3n) is 3.36. The Labute approximate surface area is 152 Å². The predicted molar refractivity (Wildman–Crippen MR) is 101 cm³/mol. The second-order valence-corrected chi connectivity index (χ2v) is 8.51. The molecule has 0 fully saturated rings. The lowest BCUT2D eigenvalue weighted by atomic mass is 10.2. The average molecular weight is 386 g/mol. The third kappa shape index (κ3) is 5.41. The summed E-state index contributed by atoms with van der Waals surface area (Å²) in [5.41, 5.74) is 2.46. The second kappa shape index (κ2) is 8.76. The first-order valence-corrected chi connectivity index (χ1v) is 10.4. The van der Waals surface area contributed by atoms with Gasteiger partial charge in [0.2, 0.25) is 10.0 Å². The first-order valence-electron chi connectivity index (χ1n) is 7.39. The molecule has 0 aliphatic heterocycles. The molecule has 0 heterocycles. The van der Waals surface area contributed by atoms with E-state index in [-0.39, 0.29) is 9.92 Å². The molecule has 0 unspecified atom stereocenters. The molecule has 130 valence electrons. The van der Waals surface area contributed by atoms with Crippen LogP contribution in [0.5, 0.6) is 5.75 Å². The first kappa shape index (κ1) is 19.1. The van der Waals surface area contributed by atoms with Gasteiger partial charge >= 0.3 is 0 Å². The number of hydrogen-bond donors (Lipinski definition) is 1. The van der Waals surface area contributed by atoms with E-state index in [2.05, 4.69) is 35.9 Å². The molecule has 24 heavy (non-hydrogen) atoms. The summed E-state index contributed by atoms with van der Waals surface area (Å²) in [6, 6.07) is 12.7. The number of ether oxygens (including phenoxy) is 1. The van der Waals surface area contributed by atoms with E-state index in [1.165, 1.54) is 30.4 Å². The van der Waals surface area contributed by atoms with Crippen molar-refractivity contribution in [3.05, 3.63) is 58.6 Å². The minimum absolute atomic E-state index is 0.136. The van der Waals surface area contributed by atoms with Crippen LogP contribution in [-0.4, -0.2) is 27.8 Å². The highest BCUT2D eigenvalue weighted by Gasteiger charge is 2.15. The molecule has 4 nitrogen and oxygen atoms in total. The van der Waals surface area contributed by atoms with Gasteiger partial charge in [-0.15, -0.1) is 0 Å². The number of hydrogen-bond acceptors (Lipinski definition) is 4. The summed E-state index contributed by atoms with van der Waals surface area (Å²) in [6.07, 6.45) is 0. The van der Waals surface area contributed by atoms with Gasteiger partial charge in [0, 0.05) is 18.1 Å². The molecule has 2 aromatic rings. The minimum atomic E-state index is -3.56. The highest BCUT2D eigenvalue weighted by Crippen LogP contribution is 2.26. The number of methoxy groups -OCH3 is 1. The lowest BCUT2D eigenvalue weighted by Crippen LogP contribution is -2.26. The molecule has 0 spiro atoms. The van der Waals surface area contributed by atoms with Gasteiger partial charge in [0.05, 0.1) is 17.0 Å². The molecule has 0 aliphatic carbocycles. The van der Waals surface area contributed by atoms with E-state index < -0.39 is 10.0 Å². The van der Waals surface area contributed by atoms with Gasteiger partial charge < -0.3 is 4.74 Å². The van der Waals surface area contributed by atoms with Crippen LogP contribution in [0.25, 0.3) is 0 Å². The van der Waals surface area contributed by atoms with Crippen molar-refractivity contribution >= 4 is 33.4 Å². The van der Waals surface area contributed by atoms with Gasteiger partial charge in [0.1, 0.15) is 5.75 Å².